The van der Waals surface area contributed by atoms with Crippen LogP contribution in [0, 0.1) is 0 Å². The van der Waals surface area contributed by atoms with Crippen LogP contribution in [0.1, 0.15) is 47.4 Å². The van der Waals surface area contributed by atoms with Gasteiger partial charge in [0.15, 0.2) is 5.78 Å². The summed E-state index contributed by atoms with van der Waals surface area (Å²) in [5.41, 5.74) is 3.95. The molecule has 0 radical (unpaired) electrons. The third-order valence-corrected chi connectivity index (χ3v) is 5.61. The molecule has 0 N–H and O–H groups in total. The molecule has 4 aromatic rings. The van der Waals surface area contributed by atoms with Crippen molar-refractivity contribution in [2.24, 2.45) is 0 Å². The van der Waals surface area contributed by atoms with Crippen LogP contribution in [-0.4, -0.2) is 20.3 Å². The van der Waals surface area contributed by atoms with Crippen molar-refractivity contribution in [2.75, 3.05) is 0 Å². The van der Waals surface area contributed by atoms with E-state index in [0.29, 0.717) is 28.9 Å². The molecule has 2 heterocycles. The molecule has 0 atom stereocenters. The molecule has 5 rings (SSSR count). The summed E-state index contributed by atoms with van der Waals surface area (Å²) >= 11 is 0. The van der Waals surface area contributed by atoms with Crippen molar-refractivity contribution < 1.29 is 4.79 Å². The van der Waals surface area contributed by atoms with Crippen LogP contribution in [-0.2, 0) is 6.54 Å². The van der Waals surface area contributed by atoms with E-state index in [9.17, 15) is 9.59 Å². The summed E-state index contributed by atoms with van der Waals surface area (Å²) in [6.07, 6.45) is 5.64. The standard InChI is InChI=1S/C25H21N3O2/c1-16(29)20-6-2-3-7-21(20)19-10-11-23-22(13-19)25(30)28(24(27-23)18-8-9-18)15-17-5-4-12-26-14-17/h2-7,10-14,18H,8-9,15H2,1H3. The van der Waals surface area contributed by atoms with E-state index in [4.69, 9.17) is 4.98 Å². The maximum atomic E-state index is 13.5. The molecule has 1 aliphatic carbocycles. The molecule has 0 bridgehead atoms. The minimum atomic E-state index is -0.0482. The van der Waals surface area contributed by atoms with Crippen molar-refractivity contribution in [1.82, 2.24) is 14.5 Å². The lowest BCUT2D eigenvalue weighted by Crippen LogP contribution is -2.25. The zero-order valence-corrected chi connectivity index (χ0v) is 16.7. The highest BCUT2D eigenvalue weighted by Gasteiger charge is 2.29. The van der Waals surface area contributed by atoms with Crippen LogP contribution in [0.5, 0.6) is 0 Å². The number of fused-ring (bicyclic) bond motifs is 1. The van der Waals surface area contributed by atoms with Crippen molar-refractivity contribution in [3.05, 3.63) is 94.3 Å². The monoisotopic (exact) mass is 395 g/mol. The van der Waals surface area contributed by atoms with Crippen molar-refractivity contribution in [3.63, 3.8) is 0 Å². The summed E-state index contributed by atoms with van der Waals surface area (Å²) in [6.45, 7) is 2.01. The lowest BCUT2D eigenvalue weighted by Gasteiger charge is -2.14. The van der Waals surface area contributed by atoms with Gasteiger partial charge in [0, 0.05) is 23.9 Å². The summed E-state index contributed by atoms with van der Waals surface area (Å²) in [6, 6.07) is 17.0. The molecule has 0 spiro atoms. The normalized spacial score (nSPS) is 13.5. The van der Waals surface area contributed by atoms with Crippen LogP contribution in [0.3, 0.4) is 0 Å². The maximum absolute atomic E-state index is 13.5. The average Bonchev–Trinajstić information content (AvgIpc) is 3.61. The number of rotatable bonds is 5. The lowest BCUT2D eigenvalue weighted by atomic mass is 9.96. The number of carbonyl (C=O) groups excluding carboxylic acids is 1. The fourth-order valence-corrected chi connectivity index (χ4v) is 3.93. The molecule has 30 heavy (non-hydrogen) atoms. The number of carbonyl (C=O) groups is 1. The lowest BCUT2D eigenvalue weighted by molar-refractivity contribution is 0.101. The fourth-order valence-electron chi connectivity index (χ4n) is 3.93. The quantitative estimate of drug-likeness (QED) is 0.464. The molecule has 1 aliphatic rings. The maximum Gasteiger partial charge on any atom is 0.261 e. The summed E-state index contributed by atoms with van der Waals surface area (Å²) in [4.78, 5) is 34.6. The van der Waals surface area contributed by atoms with Gasteiger partial charge >= 0.3 is 0 Å². The van der Waals surface area contributed by atoms with Gasteiger partial charge in [0.2, 0.25) is 0 Å². The van der Waals surface area contributed by atoms with Crippen LogP contribution in [0.15, 0.2) is 71.8 Å². The summed E-state index contributed by atoms with van der Waals surface area (Å²) < 4.78 is 1.79. The van der Waals surface area contributed by atoms with Crippen molar-refractivity contribution in [3.8, 4) is 11.1 Å². The van der Waals surface area contributed by atoms with Crippen molar-refractivity contribution in [1.29, 1.82) is 0 Å². The predicted molar refractivity (Wildman–Crippen MR) is 117 cm³/mol. The molecule has 5 nitrogen and oxygen atoms in total. The van der Waals surface area contributed by atoms with Gasteiger partial charge in [-0.05, 0) is 54.7 Å². The Balaban J connectivity index is 1.69. The smallest absolute Gasteiger partial charge is 0.261 e. The number of pyridine rings is 1. The summed E-state index contributed by atoms with van der Waals surface area (Å²) in [7, 11) is 0. The zero-order valence-electron chi connectivity index (χ0n) is 16.7. The molecule has 148 valence electrons. The number of aromatic nitrogens is 3. The molecule has 1 saturated carbocycles. The van der Waals surface area contributed by atoms with E-state index in [0.717, 1.165) is 35.4 Å². The second-order valence-electron chi connectivity index (χ2n) is 7.83. The molecule has 0 saturated heterocycles. The number of hydrogen-bond donors (Lipinski definition) is 0. The van der Waals surface area contributed by atoms with Gasteiger partial charge < -0.3 is 0 Å². The minimum absolute atomic E-state index is 0.00175. The largest absolute Gasteiger partial charge is 0.294 e. The fraction of sp³-hybridized carbons (Fsp3) is 0.200. The number of benzene rings is 2. The molecule has 0 unspecified atom stereocenters. The predicted octanol–water partition coefficient (Wildman–Crippen LogP) is 4.59. The van der Waals surface area contributed by atoms with E-state index in [-0.39, 0.29) is 11.3 Å². The third-order valence-electron chi connectivity index (χ3n) is 5.61. The molecule has 1 fully saturated rings. The van der Waals surface area contributed by atoms with Gasteiger partial charge in [-0.3, -0.25) is 19.1 Å². The highest BCUT2D eigenvalue weighted by Crippen LogP contribution is 2.39. The van der Waals surface area contributed by atoms with Gasteiger partial charge in [-0.25, -0.2) is 4.98 Å². The van der Waals surface area contributed by atoms with Crippen LogP contribution in [0.25, 0.3) is 22.0 Å². The van der Waals surface area contributed by atoms with Gasteiger partial charge in [0.05, 0.1) is 17.4 Å². The van der Waals surface area contributed by atoms with Gasteiger partial charge in [0.1, 0.15) is 5.82 Å². The van der Waals surface area contributed by atoms with E-state index in [2.05, 4.69) is 4.98 Å². The Labute approximate surface area is 174 Å². The Kier molecular flexibility index (Phi) is 4.51. The molecule has 2 aromatic carbocycles. The summed E-state index contributed by atoms with van der Waals surface area (Å²) in [5.74, 6) is 1.20. The van der Waals surface area contributed by atoms with Crippen LogP contribution in [0.2, 0.25) is 0 Å². The second-order valence-corrected chi connectivity index (χ2v) is 7.83. The van der Waals surface area contributed by atoms with Gasteiger partial charge in [-0.15, -0.1) is 0 Å². The first-order valence-electron chi connectivity index (χ1n) is 10.2. The highest BCUT2D eigenvalue weighted by molar-refractivity contribution is 6.01. The molecule has 5 heteroatoms. The molecule has 0 amide bonds. The Morgan fingerprint density at radius 2 is 1.93 bits per heavy atom. The van der Waals surface area contributed by atoms with E-state index < -0.39 is 0 Å². The first-order chi connectivity index (χ1) is 14.6. The third kappa shape index (κ3) is 3.32. The second kappa shape index (κ2) is 7.34. The van der Waals surface area contributed by atoms with E-state index in [1.807, 2.05) is 54.6 Å². The zero-order chi connectivity index (χ0) is 20.7. The van der Waals surface area contributed by atoms with Gasteiger partial charge in [-0.2, -0.15) is 0 Å². The Bertz CT molecular complexity index is 1320. The Morgan fingerprint density at radius 3 is 2.67 bits per heavy atom. The first-order valence-corrected chi connectivity index (χ1v) is 10.2. The summed E-state index contributed by atoms with van der Waals surface area (Å²) in [5, 5.41) is 0.569. The number of ketones is 1. The number of Topliss-reactive ketones (excluding diaryl/α,β-unsaturated/α-hetero) is 1. The van der Waals surface area contributed by atoms with Crippen molar-refractivity contribution in [2.45, 2.75) is 32.2 Å². The average molecular weight is 395 g/mol. The molecular weight excluding hydrogens is 374 g/mol. The first kappa shape index (κ1) is 18.4. The van der Waals surface area contributed by atoms with Crippen molar-refractivity contribution >= 4 is 16.7 Å². The topological polar surface area (TPSA) is 64.8 Å². The highest BCUT2D eigenvalue weighted by atomic mass is 16.1. The minimum Gasteiger partial charge on any atom is -0.294 e. The van der Waals surface area contributed by atoms with E-state index in [1.54, 1.807) is 23.9 Å². The van der Waals surface area contributed by atoms with Crippen LogP contribution >= 0.6 is 0 Å². The number of hydrogen-bond acceptors (Lipinski definition) is 4. The van der Waals surface area contributed by atoms with Crippen LogP contribution < -0.4 is 5.56 Å². The Morgan fingerprint density at radius 1 is 1.10 bits per heavy atom. The SMILES string of the molecule is CC(=O)c1ccccc1-c1ccc2nc(C3CC3)n(Cc3cccnc3)c(=O)c2c1. The molecule has 2 aromatic heterocycles. The van der Waals surface area contributed by atoms with Crippen LogP contribution in [0.4, 0.5) is 0 Å². The van der Waals surface area contributed by atoms with Gasteiger partial charge in [-0.1, -0.05) is 36.4 Å². The number of nitrogens with zero attached hydrogens (tertiary/aromatic N) is 3. The molecule has 0 aliphatic heterocycles. The Hall–Kier alpha value is -3.60. The van der Waals surface area contributed by atoms with Gasteiger partial charge in [0.25, 0.3) is 5.56 Å². The van der Waals surface area contributed by atoms with E-state index >= 15 is 0 Å². The molecular formula is C25H21N3O2. The van der Waals surface area contributed by atoms with E-state index in [1.165, 1.54) is 0 Å².